The smallest absolute Gasteiger partial charge is 0.246 e. The molecule has 0 radical (unpaired) electrons. The summed E-state index contributed by atoms with van der Waals surface area (Å²) < 4.78 is 0. The summed E-state index contributed by atoms with van der Waals surface area (Å²) in [5.74, 6) is -20.4. The molecule has 0 aliphatic carbocycles. The van der Waals surface area contributed by atoms with Crippen LogP contribution in [-0.4, -0.2) is 321 Å². The summed E-state index contributed by atoms with van der Waals surface area (Å²) in [7, 11) is 3.80. The van der Waals surface area contributed by atoms with Gasteiger partial charge in [-0.3, -0.25) is 86.3 Å². The van der Waals surface area contributed by atoms with Crippen LogP contribution in [0.4, 0.5) is 0 Å². The average molecular weight is 1860 g/mol. The number of benzene rings is 3. The van der Waals surface area contributed by atoms with Gasteiger partial charge in [-0.25, -0.2) is 4.98 Å². The number of nitrogens with zero attached hydrogens (tertiary/aromatic N) is 6. The van der Waals surface area contributed by atoms with Gasteiger partial charge in [0, 0.05) is 125 Å². The number of phenols is 1. The summed E-state index contributed by atoms with van der Waals surface area (Å²) in [5.41, 5.74) is 19.5. The third kappa shape index (κ3) is 27.6. The number of aromatic amines is 3. The number of Topliss-reactive ketones (excluding diaryl/α,β-unsaturated/α-hetero) is 1. The molecule has 22 N–H and O–H groups in total. The van der Waals surface area contributed by atoms with Crippen molar-refractivity contribution in [3.8, 4) is 5.75 Å². The number of nitrogens with two attached hydrogens (primary N) is 3. The van der Waals surface area contributed by atoms with Crippen LogP contribution in [0.25, 0.3) is 21.8 Å². The van der Waals surface area contributed by atoms with E-state index in [2.05, 4.69) is 67.8 Å². The number of H-pyrrole nitrogens is 3. The number of aromatic hydroxyl groups is 1. The number of amides is 17. The molecule has 6 heterocycles. The number of aliphatic hydroxyl groups is 3. The number of phenolic OH excluding ortho intramolecular Hbond substituents is 1. The van der Waals surface area contributed by atoms with Crippen molar-refractivity contribution in [2.45, 2.75) is 215 Å². The lowest BCUT2D eigenvalue weighted by Crippen LogP contribution is -2.61. The van der Waals surface area contributed by atoms with Crippen LogP contribution in [0, 0.1) is 5.92 Å². The van der Waals surface area contributed by atoms with Crippen LogP contribution < -0.4 is 65.1 Å². The van der Waals surface area contributed by atoms with E-state index in [4.69, 9.17) is 17.2 Å². The molecule has 0 spiro atoms. The highest BCUT2D eigenvalue weighted by atomic mass is 32.2. The standard InChI is InChI=1S/C88H119N21O22S/c1-7-9-20-67-82(125)103-65(43-111)81(124)104-66(78(121)95-40-74(91)117)44-132-45-75(118)97-61(30-48-23-25-53(112)26-24-48)84(127)105(4)47(3)76(119)100-63(36-73(90)116)87(130)108-29-15-22-68(108)83(126)99-60(34-52-39-92-46-96-52)79(122)98-59(27-28-72(89)115)86(129)109-41-54(113)35-70(109)71(114)33-49(31-50-37-93-57-18-13-11-16-55(50)57)77(120)102-64(42-110)80(123)101-62(32-51-38-94-58-19-14-12-17-56(51)58)85(128)107(6)69(21-10-8-2)88(131)106(67)5/h11-14,16-19,23-26,37-39,46-47,49,54,59-70,93-94,110-113H,7-10,15,20-22,27-36,40-45H2,1-6H3,(H2,89,115)(H2,90,116)(H2,91,117)(H,92,96)(H,95,121)(H,97,118)(H,98,122)(H,99,126)(H,100,119)(H,101,123)(H,102,120)(H,103,125)(H,104,124)/t47-,49+,54+,59-,60-,61-,62-,63-,64-,65-,66-,67-,68-,69-,70-/m0/s1. The van der Waals surface area contributed by atoms with Gasteiger partial charge < -0.3 is 125 Å². The van der Waals surface area contributed by atoms with E-state index < -0.39 is 273 Å². The summed E-state index contributed by atoms with van der Waals surface area (Å²) in [6, 6.07) is -1.70. The number of para-hydroxylation sites is 2. The molecular formula is C88H119N21O22S. The lowest BCUT2D eigenvalue weighted by atomic mass is 9.90. The van der Waals surface area contributed by atoms with E-state index in [1.54, 1.807) is 67.8 Å². The van der Waals surface area contributed by atoms with Crippen molar-refractivity contribution in [2.24, 2.45) is 23.1 Å². The molecule has 44 heteroatoms. The molecule has 17 amide bonds. The fourth-order valence-corrected chi connectivity index (χ4v) is 17.2. The van der Waals surface area contributed by atoms with Crippen molar-refractivity contribution < 1.29 is 107 Å². The summed E-state index contributed by atoms with van der Waals surface area (Å²) in [5, 5.41) is 67.8. The molecule has 3 aromatic heterocycles. The second kappa shape index (κ2) is 48.5. The molecule has 3 aliphatic heterocycles. The van der Waals surface area contributed by atoms with E-state index in [0.29, 0.717) is 64.2 Å². The monoisotopic (exact) mass is 1850 g/mol. The number of carbonyl (C=O) groups excluding carboxylic acids is 18. The normalized spacial score (nSPS) is 25.1. The van der Waals surface area contributed by atoms with Gasteiger partial charge in [0.05, 0.1) is 56.1 Å². The highest BCUT2D eigenvalue weighted by Crippen LogP contribution is 2.30. The van der Waals surface area contributed by atoms with Gasteiger partial charge >= 0.3 is 0 Å². The van der Waals surface area contributed by atoms with Gasteiger partial charge in [-0.1, -0.05) is 88.1 Å². The first-order valence-electron chi connectivity index (χ1n) is 43.8. The number of hydrogen-bond donors (Lipinski definition) is 19. The third-order valence-corrected chi connectivity index (χ3v) is 24.8. The first kappa shape index (κ1) is 102. The van der Waals surface area contributed by atoms with E-state index in [1.165, 1.54) is 64.9 Å². The first-order valence-corrected chi connectivity index (χ1v) is 44.9. The Hall–Kier alpha value is -13.4. The van der Waals surface area contributed by atoms with E-state index in [1.807, 2.05) is 6.92 Å². The van der Waals surface area contributed by atoms with Gasteiger partial charge in [0.1, 0.15) is 78.3 Å². The highest BCUT2D eigenvalue weighted by Gasteiger charge is 2.47. The Labute approximate surface area is 764 Å². The maximum atomic E-state index is 15.6. The third-order valence-electron chi connectivity index (χ3n) is 23.8. The molecule has 9 rings (SSSR count). The number of rotatable bonds is 24. The van der Waals surface area contributed by atoms with Crippen LogP contribution in [0.15, 0.2) is 97.7 Å². The Morgan fingerprint density at radius 2 is 1.09 bits per heavy atom. The fraction of sp³-hybridized carbons (Fsp3) is 0.511. The predicted octanol–water partition coefficient (Wildman–Crippen LogP) is -3.89. The largest absolute Gasteiger partial charge is 0.508 e. The Balaban J connectivity index is 1.09. The van der Waals surface area contributed by atoms with E-state index >= 15 is 33.6 Å². The highest BCUT2D eigenvalue weighted by molar-refractivity contribution is 8.00. The maximum absolute atomic E-state index is 15.6. The van der Waals surface area contributed by atoms with Crippen molar-refractivity contribution in [3.05, 3.63) is 120 Å². The summed E-state index contributed by atoms with van der Waals surface area (Å²) in [6.07, 6.45) is 1.70. The van der Waals surface area contributed by atoms with Crippen molar-refractivity contribution >= 4 is 140 Å². The predicted molar refractivity (Wildman–Crippen MR) is 478 cm³/mol. The Morgan fingerprint density at radius 3 is 1.70 bits per heavy atom. The molecule has 714 valence electrons. The maximum Gasteiger partial charge on any atom is 0.246 e. The number of primary amides is 3. The number of aliphatic hydroxyl groups excluding tert-OH is 3. The first-order chi connectivity index (χ1) is 62.9. The number of carbonyl (C=O) groups is 18. The van der Waals surface area contributed by atoms with E-state index in [9.17, 15) is 73.2 Å². The van der Waals surface area contributed by atoms with E-state index in [0.717, 1.165) is 36.3 Å². The number of hydrogen-bond acceptors (Lipinski definition) is 24. The zero-order valence-corrected chi connectivity index (χ0v) is 75.1. The van der Waals surface area contributed by atoms with Crippen LogP contribution in [0.2, 0.25) is 0 Å². The molecule has 0 unspecified atom stereocenters. The molecule has 0 bridgehead atoms. The molecule has 3 saturated heterocycles. The summed E-state index contributed by atoms with van der Waals surface area (Å²) >= 11 is 0.718. The zero-order chi connectivity index (χ0) is 96.3. The molecule has 132 heavy (non-hydrogen) atoms. The van der Waals surface area contributed by atoms with Crippen LogP contribution in [0.1, 0.15) is 127 Å². The van der Waals surface area contributed by atoms with E-state index in [-0.39, 0.29) is 62.9 Å². The number of likely N-dealkylation sites (N-methyl/N-ethyl adjacent to an activating group) is 3. The average Bonchev–Trinajstić information content (AvgIpc) is 1.59. The molecule has 0 saturated carbocycles. The summed E-state index contributed by atoms with van der Waals surface area (Å²) in [4.78, 5) is 279. The van der Waals surface area contributed by atoms with Gasteiger partial charge in [-0.15, -0.1) is 11.8 Å². The van der Waals surface area contributed by atoms with Gasteiger partial charge in [0.25, 0.3) is 0 Å². The van der Waals surface area contributed by atoms with Gasteiger partial charge in [-0.2, -0.15) is 0 Å². The van der Waals surface area contributed by atoms with Crippen LogP contribution in [0.3, 0.4) is 0 Å². The molecule has 3 fully saturated rings. The fourth-order valence-electron chi connectivity index (χ4n) is 16.3. The molecule has 3 aromatic carbocycles. The number of fused-ring (bicyclic) bond motifs is 4. The SMILES string of the molecule is CCCC[C@H]1C(=O)N(C)[C@@H](CCCC)C(=O)N[C@@H](CO)C(=O)N[C@H](C(=O)NCC(N)=O)CSCC(=O)N[C@@H](Cc2ccc(O)cc2)C(=O)N(C)[C@@H](C)C(=O)N[C@@H](CC(N)=O)C(=O)N2CCC[C@H]2C(=O)N[C@@H](Cc2c[nH]cn2)C(=O)N[C@@H](CCC(N)=O)C(=O)N2C[C@H](O)C[C@H]2C(=O)C[C@@H](Cc2c[nH]c3ccccc23)C(=O)N[C@@H](CO)C(=O)N[C@@H](Cc2c[nH]c3ccccc23)C(=O)N1C. The number of nitrogens with one attached hydrogen (secondary N) is 12. The lowest BCUT2D eigenvalue weighted by Gasteiger charge is -2.36. The van der Waals surface area contributed by atoms with Crippen molar-refractivity contribution in [3.63, 3.8) is 0 Å². The van der Waals surface area contributed by atoms with Crippen LogP contribution >= 0.6 is 11.8 Å². The Bertz CT molecular complexity index is 5150. The number of imidazole rings is 1. The minimum Gasteiger partial charge on any atom is -0.508 e. The number of thioether (sulfide) groups is 1. The molecule has 6 aromatic rings. The van der Waals surface area contributed by atoms with Gasteiger partial charge in [-0.05, 0) is 86.4 Å². The molecule has 3 aliphatic rings. The summed E-state index contributed by atoms with van der Waals surface area (Å²) in [6.45, 7) is 1.21. The number of aromatic nitrogens is 4. The lowest BCUT2D eigenvalue weighted by molar-refractivity contribution is -0.149. The second-order valence-electron chi connectivity index (χ2n) is 33.3. The topological polar surface area (TPSA) is 651 Å². The number of unbranched alkanes of at least 4 members (excludes halogenated alkanes) is 2. The minimum absolute atomic E-state index is 0.0293. The molecule has 43 nitrogen and oxygen atoms in total. The Morgan fingerprint density at radius 1 is 0.538 bits per heavy atom. The second-order valence-corrected chi connectivity index (χ2v) is 34.4. The minimum atomic E-state index is -1.89. The Kier molecular flexibility index (Phi) is 37.6. The quantitative estimate of drug-likeness (QED) is 0.0275. The molecule has 15 atom stereocenters. The number of ketones is 1. The zero-order valence-electron chi connectivity index (χ0n) is 74.3. The van der Waals surface area contributed by atoms with Gasteiger partial charge in [0.2, 0.25) is 100 Å². The van der Waals surface area contributed by atoms with Crippen LogP contribution in [-0.2, 0) is 112 Å². The van der Waals surface area contributed by atoms with Crippen molar-refractivity contribution in [1.29, 1.82) is 0 Å². The van der Waals surface area contributed by atoms with Crippen LogP contribution in [0.5, 0.6) is 5.75 Å². The van der Waals surface area contributed by atoms with Crippen molar-refractivity contribution in [1.82, 2.24) is 92.3 Å². The molecular weight excluding hydrogens is 1740 g/mol. The van der Waals surface area contributed by atoms with Crippen molar-refractivity contribution in [2.75, 3.05) is 65.5 Å². The van der Waals surface area contributed by atoms with Gasteiger partial charge in [0.15, 0.2) is 5.78 Å².